The zero-order valence-electron chi connectivity index (χ0n) is 9.33. The molecule has 0 spiro atoms. The molecule has 1 aromatic rings. The highest BCUT2D eigenvalue weighted by molar-refractivity contribution is 9.10. The quantitative estimate of drug-likeness (QED) is 0.913. The highest BCUT2D eigenvalue weighted by Gasteiger charge is 2.31. The maximum Gasteiger partial charge on any atom is 0.0695 e. The SMILES string of the molecule is CCNC(c1c(Br)cnn1C)C1CCC1. The van der Waals surface area contributed by atoms with E-state index in [1.54, 1.807) is 0 Å². The van der Waals surface area contributed by atoms with Gasteiger partial charge in [-0.15, -0.1) is 0 Å². The van der Waals surface area contributed by atoms with Crippen LogP contribution in [0.25, 0.3) is 0 Å². The van der Waals surface area contributed by atoms with Gasteiger partial charge in [0.1, 0.15) is 0 Å². The molecule has 0 amide bonds. The normalized spacial score (nSPS) is 18.9. The second-order valence-electron chi connectivity index (χ2n) is 4.23. The van der Waals surface area contributed by atoms with E-state index in [1.165, 1.54) is 25.0 Å². The van der Waals surface area contributed by atoms with Crippen LogP contribution in [-0.2, 0) is 7.05 Å². The van der Waals surface area contributed by atoms with Crippen LogP contribution in [0, 0.1) is 5.92 Å². The number of nitrogens with zero attached hydrogens (tertiary/aromatic N) is 2. The Balaban J connectivity index is 2.22. The van der Waals surface area contributed by atoms with Gasteiger partial charge >= 0.3 is 0 Å². The molecule has 1 atom stereocenters. The van der Waals surface area contributed by atoms with Gasteiger partial charge in [-0.2, -0.15) is 5.10 Å². The van der Waals surface area contributed by atoms with Gasteiger partial charge in [0.25, 0.3) is 0 Å². The number of aromatic nitrogens is 2. The van der Waals surface area contributed by atoms with Crippen molar-refractivity contribution >= 4 is 15.9 Å². The maximum absolute atomic E-state index is 4.29. The summed E-state index contributed by atoms with van der Waals surface area (Å²) in [5.74, 6) is 0.789. The minimum Gasteiger partial charge on any atom is -0.309 e. The first kappa shape index (κ1) is 11.1. The number of aryl methyl sites for hydroxylation is 1. The third kappa shape index (κ3) is 2.11. The van der Waals surface area contributed by atoms with E-state index in [9.17, 15) is 0 Å². The number of nitrogens with one attached hydrogen (secondary N) is 1. The van der Waals surface area contributed by atoms with E-state index in [4.69, 9.17) is 0 Å². The fourth-order valence-corrected chi connectivity index (χ4v) is 2.84. The van der Waals surface area contributed by atoms with Crippen LogP contribution in [0.4, 0.5) is 0 Å². The molecule has 0 aromatic carbocycles. The smallest absolute Gasteiger partial charge is 0.0695 e. The lowest BCUT2D eigenvalue weighted by molar-refractivity contribution is 0.225. The second-order valence-corrected chi connectivity index (χ2v) is 5.08. The monoisotopic (exact) mass is 271 g/mol. The van der Waals surface area contributed by atoms with Crippen molar-refractivity contribution < 1.29 is 0 Å². The van der Waals surface area contributed by atoms with Gasteiger partial charge in [-0.1, -0.05) is 13.3 Å². The third-order valence-electron chi connectivity index (χ3n) is 3.28. The Morgan fingerprint density at radius 1 is 1.67 bits per heavy atom. The Morgan fingerprint density at radius 3 is 2.80 bits per heavy atom. The summed E-state index contributed by atoms with van der Waals surface area (Å²) in [5.41, 5.74) is 1.29. The minimum absolute atomic E-state index is 0.464. The average molecular weight is 272 g/mol. The van der Waals surface area contributed by atoms with E-state index < -0.39 is 0 Å². The number of halogens is 1. The zero-order chi connectivity index (χ0) is 10.8. The molecule has 3 nitrogen and oxygen atoms in total. The van der Waals surface area contributed by atoms with Crippen molar-refractivity contribution in [1.29, 1.82) is 0 Å². The van der Waals surface area contributed by atoms with Crippen molar-refractivity contribution in [3.63, 3.8) is 0 Å². The molecule has 1 heterocycles. The van der Waals surface area contributed by atoms with Crippen LogP contribution >= 0.6 is 15.9 Å². The van der Waals surface area contributed by atoms with E-state index >= 15 is 0 Å². The number of rotatable bonds is 4. The van der Waals surface area contributed by atoms with Crippen molar-refractivity contribution in [1.82, 2.24) is 15.1 Å². The molecule has 1 aliphatic rings. The average Bonchev–Trinajstić information content (AvgIpc) is 2.43. The van der Waals surface area contributed by atoms with Crippen LogP contribution in [0.3, 0.4) is 0 Å². The Morgan fingerprint density at radius 2 is 2.40 bits per heavy atom. The lowest BCUT2D eigenvalue weighted by atomic mass is 9.78. The predicted octanol–water partition coefficient (Wildman–Crippen LogP) is 2.63. The molecule has 0 bridgehead atoms. The Bertz CT molecular complexity index is 311. The number of hydrogen-bond donors (Lipinski definition) is 1. The van der Waals surface area contributed by atoms with Crippen molar-refractivity contribution in [3.8, 4) is 0 Å². The molecular formula is C11H18BrN3. The predicted molar refractivity (Wildman–Crippen MR) is 64.7 cm³/mol. The Hall–Kier alpha value is -0.350. The van der Waals surface area contributed by atoms with Crippen LogP contribution in [0.5, 0.6) is 0 Å². The first-order valence-corrected chi connectivity index (χ1v) is 6.44. The fraction of sp³-hybridized carbons (Fsp3) is 0.727. The third-order valence-corrected chi connectivity index (χ3v) is 3.89. The van der Waals surface area contributed by atoms with Gasteiger partial charge in [0.2, 0.25) is 0 Å². The lowest BCUT2D eigenvalue weighted by Gasteiger charge is -2.34. The van der Waals surface area contributed by atoms with E-state index in [-0.39, 0.29) is 0 Å². The van der Waals surface area contributed by atoms with Gasteiger partial charge in [-0.3, -0.25) is 4.68 Å². The molecular weight excluding hydrogens is 254 g/mol. The summed E-state index contributed by atoms with van der Waals surface area (Å²) in [4.78, 5) is 0. The van der Waals surface area contributed by atoms with Gasteiger partial charge in [0.15, 0.2) is 0 Å². The summed E-state index contributed by atoms with van der Waals surface area (Å²) in [6.45, 7) is 3.18. The van der Waals surface area contributed by atoms with Gasteiger partial charge in [-0.25, -0.2) is 0 Å². The van der Waals surface area contributed by atoms with E-state index in [0.717, 1.165) is 16.9 Å². The van der Waals surface area contributed by atoms with E-state index in [2.05, 4.69) is 33.3 Å². The topological polar surface area (TPSA) is 29.9 Å². The largest absolute Gasteiger partial charge is 0.309 e. The van der Waals surface area contributed by atoms with Gasteiger partial charge in [0.05, 0.1) is 22.4 Å². The van der Waals surface area contributed by atoms with Crippen molar-refractivity contribution in [2.24, 2.45) is 13.0 Å². The van der Waals surface area contributed by atoms with E-state index in [1.807, 2.05) is 17.9 Å². The van der Waals surface area contributed by atoms with Gasteiger partial charge in [0, 0.05) is 7.05 Å². The minimum atomic E-state index is 0.464. The highest BCUT2D eigenvalue weighted by atomic mass is 79.9. The number of hydrogen-bond acceptors (Lipinski definition) is 2. The molecule has 1 fully saturated rings. The van der Waals surface area contributed by atoms with Crippen LogP contribution < -0.4 is 5.32 Å². The molecule has 1 N–H and O–H groups in total. The van der Waals surface area contributed by atoms with Crippen molar-refractivity contribution in [3.05, 3.63) is 16.4 Å². The van der Waals surface area contributed by atoms with Gasteiger partial charge < -0.3 is 5.32 Å². The molecule has 2 rings (SSSR count). The summed E-state index contributed by atoms with van der Waals surface area (Å²) in [6.07, 6.45) is 5.95. The summed E-state index contributed by atoms with van der Waals surface area (Å²) in [7, 11) is 2.02. The summed E-state index contributed by atoms with van der Waals surface area (Å²) < 4.78 is 3.11. The molecule has 15 heavy (non-hydrogen) atoms. The summed E-state index contributed by atoms with van der Waals surface area (Å²) in [6, 6.07) is 0.464. The zero-order valence-corrected chi connectivity index (χ0v) is 10.9. The van der Waals surface area contributed by atoms with E-state index in [0.29, 0.717) is 6.04 Å². The summed E-state index contributed by atoms with van der Waals surface area (Å²) in [5, 5.41) is 7.87. The van der Waals surface area contributed by atoms with Gasteiger partial charge in [-0.05, 0) is 41.2 Å². The van der Waals surface area contributed by atoms with Crippen molar-refractivity contribution in [2.45, 2.75) is 32.2 Å². The molecule has 0 radical (unpaired) electrons. The molecule has 0 saturated heterocycles. The molecule has 1 unspecified atom stereocenters. The van der Waals surface area contributed by atoms with Crippen LogP contribution in [0.15, 0.2) is 10.7 Å². The first-order chi connectivity index (χ1) is 7.24. The standard InChI is InChI=1S/C11H18BrN3/c1-3-13-10(8-5-4-6-8)11-9(12)7-14-15(11)2/h7-8,10,13H,3-6H2,1-2H3. The van der Waals surface area contributed by atoms with Crippen LogP contribution in [0.2, 0.25) is 0 Å². The fourth-order valence-electron chi connectivity index (χ4n) is 2.25. The first-order valence-electron chi connectivity index (χ1n) is 5.64. The Labute approximate surface area is 99.4 Å². The molecule has 1 saturated carbocycles. The Kier molecular flexibility index (Phi) is 3.46. The second kappa shape index (κ2) is 4.66. The van der Waals surface area contributed by atoms with Crippen LogP contribution in [-0.4, -0.2) is 16.3 Å². The molecule has 0 aliphatic heterocycles. The highest BCUT2D eigenvalue weighted by Crippen LogP contribution is 2.39. The van der Waals surface area contributed by atoms with Crippen molar-refractivity contribution in [2.75, 3.05) is 6.54 Å². The molecule has 1 aromatic heterocycles. The molecule has 1 aliphatic carbocycles. The summed E-state index contributed by atoms with van der Waals surface area (Å²) >= 11 is 3.59. The molecule has 84 valence electrons. The van der Waals surface area contributed by atoms with Crippen LogP contribution in [0.1, 0.15) is 37.9 Å². The maximum atomic E-state index is 4.29. The molecule has 4 heteroatoms. The lowest BCUT2D eigenvalue weighted by Crippen LogP contribution is -2.33.